The van der Waals surface area contributed by atoms with E-state index in [9.17, 15) is 9.59 Å². The van der Waals surface area contributed by atoms with Crippen molar-refractivity contribution in [2.24, 2.45) is 0 Å². The van der Waals surface area contributed by atoms with E-state index in [1.807, 2.05) is 13.8 Å². The minimum absolute atomic E-state index is 0.300. The molecule has 1 amide bonds. The van der Waals surface area contributed by atoms with Crippen LogP contribution in [0, 0.1) is 0 Å². The van der Waals surface area contributed by atoms with Gasteiger partial charge < -0.3 is 19.2 Å². The highest BCUT2D eigenvalue weighted by Gasteiger charge is 2.17. The number of anilines is 1. The number of halogens is 1. The van der Waals surface area contributed by atoms with Crippen molar-refractivity contribution in [3.8, 4) is 11.5 Å². The second-order valence-corrected chi connectivity index (χ2v) is 6.15. The maximum atomic E-state index is 12.6. The minimum atomic E-state index is -0.552. The number of carbonyl (C=O) groups is 1. The van der Waals surface area contributed by atoms with E-state index < -0.39 is 5.76 Å². The van der Waals surface area contributed by atoms with Crippen LogP contribution in [0.5, 0.6) is 11.5 Å². The van der Waals surface area contributed by atoms with Gasteiger partial charge in [0.25, 0.3) is 5.91 Å². The number of benzene rings is 2. The lowest BCUT2D eigenvalue weighted by atomic mass is 10.1. The molecule has 7 nitrogen and oxygen atoms in total. The van der Waals surface area contributed by atoms with E-state index >= 15 is 0 Å². The molecule has 0 spiro atoms. The molecule has 0 saturated heterocycles. The van der Waals surface area contributed by atoms with Gasteiger partial charge in [-0.3, -0.25) is 9.78 Å². The number of aromatic amines is 1. The van der Waals surface area contributed by atoms with Gasteiger partial charge >= 0.3 is 5.76 Å². The Morgan fingerprint density at radius 2 is 2.04 bits per heavy atom. The molecule has 0 aliphatic carbocycles. The van der Waals surface area contributed by atoms with Crippen LogP contribution in [-0.4, -0.2) is 24.1 Å². The third-order valence-electron chi connectivity index (χ3n) is 3.70. The molecule has 8 heteroatoms. The van der Waals surface area contributed by atoms with Crippen LogP contribution in [0.3, 0.4) is 0 Å². The first-order chi connectivity index (χ1) is 13.0. The Balaban J connectivity index is 1.87. The average Bonchev–Trinajstić information content (AvgIpc) is 3.00. The molecule has 3 rings (SSSR count). The monoisotopic (exact) mass is 390 g/mol. The molecule has 0 saturated carbocycles. The van der Waals surface area contributed by atoms with E-state index in [-0.39, 0.29) is 5.91 Å². The molecule has 0 unspecified atom stereocenters. The molecule has 0 fully saturated rings. The topological polar surface area (TPSA) is 93.6 Å². The molecular formula is C19H19ClN2O5. The van der Waals surface area contributed by atoms with E-state index in [1.54, 1.807) is 24.3 Å². The zero-order chi connectivity index (χ0) is 19.4. The molecule has 27 heavy (non-hydrogen) atoms. The third-order valence-corrected chi connectivity index (χ3v) is 3.98. The zero-order valence-corrected chi connectivity index (χ0v) is 15.7. The van der Waals surface area contributed by atoms with Crippen LogP contribution in [-0.2, 0) is 0 Å². The van der Waals surface area contributed by atoms with Gasteiger partial charge in [-0.1, -0.05) is 18.5 Å². The number of amides is 1. The van der Waals surface area contributed by atoms with Crippen molar-refractivity contribution in [3.63, 3.8) is 0 Å². The quantitative estimate of drug-likeness (QED) is 0.630. The fourth-order valence-electron chi connectivity index (χ4n) is 2.54. The first-order valence-electron chi connectivity index (χ1n) is 8.55. The highest BCUT2D eigenvalue weighted by Crippen LogP contribution is 2.37. The number of oxazole rings is 1. The Hall–Kier alpha value is -2.93. The van der Waals surface area contributed by atoms with E-state index in [0.29, 0.717) is 52.1 Å². The third kappa shape index (κ3) is 4.25. The van der Waals surface area contributed by atoms with E-state index in [1.165, 1.54) is 6.07 Å². The summed E-state index contributed by atoms with van der Waals surface area (Å²) < 4.78 is 16.2. The number of aromatic nitrogens is 1. The van der Waals surface area contributed by atoms with Crippen LogP contribution in [0.2, 0.25) is 5.02 Å². The van der Waals surface area contributed by atoms with Crippen molar-refractivity contribution < 1.29 is 18.7 Å². The molecule has 3 aromatic rings. The Morgan fingerprint density at radius 3 is 2.78 bits per heavy atom. The largest absolute Gasteiger partial charge is 0.490 e. The van der Waals surface area contributed by atoms with Gasteiger partial charge in [0, 0.05) is 11.3 Å². The summed E-state index contributed by atoms with van der Waals surface area (Å²) in [5.41, 5.74) is 1.74. The van der Waals surface area contributed by atoms with E-state index in [4.69, 9.17) is 25.5 Å². The lowest BCUT2D eigenvalue weighted by molar-refractivity contribution is 0.102. The molecule has 0 atom stereocenters. The second-order valence-electron chi connectivity index (χ2n) is 5.75. The number of hydrogen-bond acceptors (Lipinski definition) is 5. The molecule has 0 aliphatic heterocycles. The Bertz CT molecular complexity index is 1020. The van der Waals surface area contributed by atoms with Crippen molar-refractivity contribution >= 4 is 34.3 Å². The van der Waals surface area contributed by atoms with Crippen LogP contribution < -0.4 is 20.5 Å². The van der Waals surface area contributed by atoms with E-state index in [2.05, 4.69) is 10.3 Å². The van der Waals surface area contributed by atoms with Gasteiger partial charge in [0.2, 0.25) is 0 Å². The maximum absolute atomic E-state index is 12.6. The normalized spacial score (nSPS) is 10.8. The molecule has 0 radical (unpaired) electrons. The Kier molecular flexibility index (Phi) is 5.71. The molecule has 0 aliphatic rings. The van der Waals surface area contributed by atoms with Gasteiger partial charge in [-0.15, -0.1) is 0 Å². The summed E-state index contributed by atoms with van der Waals surface area (Å²) in [7, 11) is 0. The lowest BCUT2D eigenvalue weighted by Gasteiger charge is -2.15. The number of hydrogen-bond donors (Lipinski definition) is 2. The first kappa shape index (κ1) is 18.8. The summed E-state index contributed by atoms with van der Waals surface area (Å²) >= 11 is 6.30. The Labute approximate surface area is 160 Å². The number of rotatable bonds is 7. The number of ether oxygens (including phenoxy) is 2. The molecular weight excluding hydrogens is 372 g/mol. The highest BCUT2D eigenvalue weighted by atomic mass is 35.5. The van der Waals surface area contributed by atoms with Crippen molar-refractivity contribution in [2.45, 2.75) is 20.3 Å². The fraction of sp³-hybridized carbons (Fsp3) is 0.263. The van der Waals surface area contributed by atoms with Crippen LogP contribution in [0.1, 0.15) is 30.6 Å². The van der Waals surface area contributed by atoms with Crippen LogP contribution >= 0.6 is 11.6 Å². The van der Waals surface area contributed by atoms with Gasteiger partial charge in [0.05, 0.1) is 23.8 Å². The fourth-order valence-corrected chi connectivity index (χ4v) is 2.80. The van der Waals surface area contributed by atoms with Crippen LogP contribution in [0.25, 0.3) is 11.1 Å². The average molecular weight is 391 g/mol. The summed E-state index contributed by atoms with van der Waals surface area (Å²) in [5.74, 6) is -0.0816. The smallest absolute Gasteiger partial charge is 0.417 e. The van der Waals surface area contributed by atoms with Gasteiger partial charge in [0.1, 0.15) is 0 Å². The summed E-state index contributed by atoms with van der Waals surface area (Å²) in [5, 5.41) is 3.06. The maximum Gasteiger partial charge on any atom is 0.417 e. The molecule has 0 bridgehead atoms. The first-order valence-corrected chi connectivity index (χ1v) is 8.93. The van der Waals surface area contributed by atoms with Gasteiger partial charge in [-0.25, -0.2) is 4.79 Å². The van der Waals surface area contributed by atoms with E-state index in [0.717, 1.165) is 6.42 Å². The van der Waals surface area contributed by atoms with Crippen LogP contribution in [0.15, 0.2) is 39.5 Å². The predicted molar refractivity (Wildman–Crippen MR) is 103 cm³/mol. The standard InChI is InChI=1S/C19H19ClN2O5/c1-3-7-26-17-13(20)8-11(9-16(17)25-4-2)18(23)21-12-5-6-15-14(10-12)22-19(24)27-15/h5-6,8-10H,3-4,7H2,1-2H3,(H,21,23)(H,22,24). The summed E-state index contributed by atoms with van der Waals surface area (Å²) in [4.78, 5) is 26.4. The number of H-pyrrole nitrogens is 1. The number of fused-ring (bicyclic) bond motifs is 1. The molecule has 2 N–H and O–H groups in total. The van der Waals surface area contributed by atoms with Crippen molar-refractivity contribution in [3.05, 3.63) is 51.5 Å². The molecule has 1 aromatic heterocycles. The number of carbonyl (C=O) groups excluding carboxylic acids is 1. The van der Waals surface area contributed by atoms with Gasteiger partial charge in [-0.2, -0.15) is 0 Å². The zero-order valence-electron chi connectivity index (χ0n) is 14.9. The van der Waals surface area contributed by atoms with Crippen molar-refractivity contribution in [1.82, 2.24) is 4.98 Å². The van der Waals surface area contributed by atoms with Gasteiger partial charge in [0.15, 0.2) is 17.1 Å². The number of nitrogens with one attached hydrogen (secondary N) is 2. The van der Waals surface area contributed by atoms with Crippen LogP contribution in [0.4, 0.5) is 5.69 Å². The minimum Gasteiger partial charge on any atom is -0.490 e. The Morgan fingerprint density at radius 1 is 1.22 bits per heavy atom. The molecule has 2 aromatic carbocycles. The summed E-state index contributed by atoms with van der Waals surface area (Å²) in [6.07, 6.45) is 0.822. The van der Waals surface area contributed by atoms with Gasteiger partial charge in [-0.05, 0) is 43.7 Å². The highest BCUT2D eigenvalue weighted by molar-refractivity contribution is 6.32. The van der Waals surface area contributed by atoms with Crippen molar-refractivity contribution in [2.75, 3.05) is 18.5 Å². The summed E-state index contributed by atoms with van der Waals surface area (Å²) in [6, 6.07) is 7.97. The predicted octanol–water partition coefficient (Wildman–Crippen LogP) is 4.21. The molecule has 1 heterocycles. The second kappa shape index (κ2) is 8.18. The molecule has 142 valence electrons. The van der Waals surface area contributed by atoms with Crippen molar-refractivity contribution in [1.29, 1.82) is 0 Å². The lowest BCUT2D eigenvalue weighted by Crippen LogP contribution is -2.12. The SMILES string of the molecule is CCCOc1c(Cl)cc(C(=O)Nc2ccc3oc(=O)[nH]c3c2)cc1OCC. The summed E-state index contributed by atoms with van der Waals surface area (Å²) in [6.45, 7) is 4.73.